The third-order valence-electron chi connectivity index (χ3n) is 3.49. The van der Waals surface area contributed by atoms with Crippen LogP contribution in [0.2, 0.25) is 0 Å². The number of nitrogens with zero attached hydrogens (tertiary/aromatic N) is 1. The Bertz CT molecular complexity index is 372. The van der Waals surface area contributed by atoms with Crippen molar-refractivity contribution in [2.24, 2.45) is 5.73 Å². The number of nitrogens with two attached hydrogens (primary N) is 1. The zero-order chi connectivity index (χ0) is 13.0. The van der Waals surface area contributed by atoms with E-state index in [9.17, 15) is 0 Å². The molecule has 5 heteroatoms. The Kier molecular flexibility index (Phi) is 5.63. The molecule has 2 atom stereocenters. The largest absolute Gasteiger partial charge is 0.383 e. The molecule has 1 aromatic heterocycles. The van der Waals surface area contributed by atoms with Gasteiger partial charge in [0, 0.05) is 34.4 Å². The van der Waals surface area contributed by atoms with Crippen molar-refractivity contribution in [2.45, 2.75) is 31.3 Å². The van der Waals surface area contributed by atoms with Crippen LogP contribution in [0.1, 0.15) is 30.2 Å². The molecule has 0 saturated carbocycles. The van der Waals surface area contributed by atoms with E-state index in [4.69, 9.17) is 10.5 Å². The standard InChI is InChI=1S/C13H21BrN2OS/c1-17-7-6-16-5-3-2-4-11(15)13(16)12-8-10(14)9-18-12/h8-9,11,13H,2-7,15H2,1H3. The van der Waals surface area contributed by atoms with Gasteiger partial charge in [-0.15, -0.1) is 11.3 Å². The Morgan fingerprint density at radius 1 is 1.56 bits per heavy atom. The lowest BCUT2D eigenvalue weighted by molar-refractivity contribution is 0.116. The number of likely N-dealkylation sites (tertiary alicyclic amines) is 1. The molecule has 1 aromatic rings. The molecule has 1 saturated heterocycles. The summed E-state index contributed by atoms with van der Waals surface area (Å²) in [7, 11) is 1.76. The molecule has 2 rings (SSSR count). The Hall–Kier alpha value is 0.0600. The third-order valence-corrected chi connectivity index (χ3v) is 5.26. The molecule has 102 valence electrons. The maximum absolute atomic E-state index is 6.39. The number of ether oxygens (including phenoxy) is 1. The monoisotopic (exact) mass is 332 g/mol. The van der Waals surface area contributed by atoms with Crippen LogP contribution in [-0.4, -0.2) is 37.7 Å². The van der Waals surface area contributed by atoms with Crippen LogP contribution in [0.4, 0.5) is 0 Å². The molecule has 18 heavy (non-hydrogen) atoms. The van der Waals surface area contributed by atoms with Gasteiger partial charge in [-0.05, 0) is 41.4 Å². The van der Waals surface area contributed by atoms with Gasteiger partial charge in [-0.2, -0.15) is 0 Å². The van der Waals surface area contributed by atoms with E-state index in [0.29, 0.717) is 6.04 Å². The zero-order valence-electron chi connectivity index (χ0n) is 10.8. The van der Waals surface area contributed by atoms with Crippen molar-refractivity contribution in [2.75, 3.05) is 26.8 Å². The van der Waals surface area contributed by atoms with Crippen LogP contribution in [0.15, 0.2) is 15.9 Å². The highest BCUT2D eigenvalue weighted by Gasteiger charge is 2.29. The Morgan fingerprint density at radius 3 is 3.06 bits per heavy atom. The van der Waals surface area contributed by atoms with Crippen LogP contribution in [0, 0.1) is 0 Å². The Morgan fingerprint density at radius 2 is 2.39 bits per heavy atom. The van der Waals surface area contributed by atoms with Crippen LogP contribution >= 0.6 is 27.3 Å². The number of rotatable bonds is 4. The number of halogens is 1. The van der Waals surface area contributed by atoms with Gasteiger partial charge >= 0.3 is 0 Å². The van der Waals surface area contributed by atoms with Crippen LogP contribution in [-0.2, 0) is 4.74 Å². The van der Waals surface area contributed by atoms with Gasteiger partial charge in [-0.25, -0.2) is 0 Å². The van der Waals surface area contributed by atoms with Gasteiger partial charge in [0.2, 0.25) is 0 Å². The van der Waals surface area contributed by atoms with E-state index >= 15 is 0 Å². The second kappa shape index (κ2) is 7.01. The Balaban J connectivity index is 2.17. The summed E-state index contributed by atoms with van der Waals surface area (Å²) in [4.78, 5) is 3.85. The molecule has 1 aliphatic heterocycles. The van der Waals surface area contributed by atoms with Gasteiger partial charge < -0.3 is 10.5 Å². The smallest absolute Gasteiger partial charge is 0.0594 e. The SMILES string of the molecule is COCCN1CCCCC(N)C1c1cc(Br)cs1. The summed E-state index contributed by atoms with van der Waals surface area (Å²) >= 11 is 5.33. The lowest BCUT2D eigenvalue weighted by Gasteiger charge is -2.32. The molecule has 2 unspecified atom stereocenters. The van der Waals surface area contributed by atoms with Crippen molar-refractivity contribution in [1.82, 2.24) is 4.90 Å². The highest BCUT2D eigenvalue weighted by molar-refractivity contribution is 9.10. The summed E-state index contributed by atoms with van der Waals surface area (Å²) in [6.45, 7) is 2.86. The fourth-order valence-corrected chi connectivity index (χ4v) is 4.25. The zero-order valence-corrected chi connectivity index (χ0v) is 13.2. The summed E-state index contributed by atoms with van der Waals surface area (Å²) in [5.41, 5.74) is 6.39. The predicted octanol–water partition coefficient (Wildman–Crippen LogP) is 3.01. The molecule has 3 nitrogen and oxygen atoms in total. The van der Waals surface area contributed by atoms with Gasteiger partial charge in [-0.1, -0.05) is 6.42 Å². The minimum atomic E-state index is 0.231. The van der Waals surface area contributed by atoms with Crippen LogP contribution in [0.25, 0.3) is 0 Å². The molecule has 2 heterocycles. The van der Waals surface area contributed by atoms with Crippen molar-refractivity contribution in [3.8, 4) is 0 Å². The summed E-state index contributed by atoms with van der Waals surface area (Å²) < 4.78 is 6.38. The molecule has 0 aromatic carbocycles. The van der Waals surface area contributed by atoms with Crippen molar-refractivity contribution in [3.05, 3.63) is 20.8 Å². The second-order valence-electron chi connectivity index (χ2n) is 4.80. The average Bonchev–Trinajstić information content (AvgIpc) is 2.68. The summed E-state index contributed by atoms with van der Waals surface area (Å²) in [5, 5.41) is 2.14. The van der Waals surface area contributed by atoms with Crippen molar-refractivity contribution < 1.29 is 4.74 Å². The first-order valence-electron chi connectivity index (χ1n) is 6.45. The van der Waals surface area contributed by atoms with Gasteiger partial charge in [0.1, 0.15) is 0 Å². The van der Waals surface area contributed by atoms with Crippen LogP contribution in [0.3, 0.4) is 0 Å². The summed E-state index contributed by atoms with van der Waals surface area (Å²) in [6.07, 6.45) is 3.58. The lowest BCUT2D eigenvalue weighted by atomic mass is 10.0. The van der Waals surface area contributed by atoms with E-state index in [2.05, 4.69) is 32.3 Å². The van der Waals surface area contributed by atoms with E-state index < -0.39 is 0 Å². The molecule has 0 amide bonds. The fourth-order valence-electron chi connectivity index (χ4n) is 2.60. The van der Waals surface area contributed by atoms with Gasteiger partial charge in [0.25, 0.3) is 0 Å². The topological polar surface area (TPSA) is 38.5 Å². The van der Waals surface area contributed by atoms with Gasteiger partial charge in [0.05, 0.1) is 12.6 Å². The molecular weight excluding hydrogens is 312 g/mol. The fraction of sp³-hybridized carbons (Fsp3) is 0.692. The van der Waals surface area contributed by atoms with E-state index in [-0.39, 0.29) is 6.04 Å². The minimum absolute atomic E-state index is 0.231. The van der Waals surface area contributed by atoms with Crippen molar-refractivity contribution in [1.29, 1.82) is 0 Å². The molecule has 1 aliphatic rings. The molecule has 0 spiro atoms. The number of hydrogen-bond donors (Lipinski definition) is 1. The first-order chi connectivity index (χ1) is 8.72. The quantitative estimate of drug-likeness (QED) is 0.921. The van der Waals surface area contributed by atoms with Gasteiger partial charge in [-0.3, -0.25) is 4.90 Å². The average molecular weight is 333 g/mol. The summed E-state index contributed by atoms with van der Waals surface area (Å²) in [5.74, 6) is 0. The van der Waals surface area contributed by atoms with E-state index in [1.165, 1.54) is 17.7 Å². The number of methoxy groups -OCH3 is 1. The molecule has 0 bridgehead atoms. The van der Waals surface area contributed by atoms with E-state index in [1.54, 1.807) is 18.4 Å². The number of thiophene rings is 1. The van der Waals surface area contributed by atoms with Crippen molar-refractivity contribution in [3.63, 3.8) is 0 Å². The molecule has 0 aliphatic carbocycles. The first kappa shape index (κ1) is 14.5. The van der Waals surface area contributed by atoms with Gasteiger partial charge in [0.15, 0.2) is 0 Å². The molecule has 2 N–H and O–H groups in total. The third kappa shape index (κ3) is 3.54. The van der Waals surface area contributed by atoms with Crippen LogP contribution in [0.5, 0.6) is 0 Å². The predicted molar refractivity (Wildman–Crippen MR) is 80.0 cm³/mol. The normalized spacial score (nSPS) is 26.2. The summed E-state index contributed by atoms with van der Waals surface area (Å²) in [6, 6.07) is 2.79. The molecule has 0 radical (unpaired) electrons. The highest BCUT2D eigenvalue weighted by atomic mass is 79.9. The van der Waals surface area contributed by atoms with Crippen molar-refractivity contribution >= 4 is 27.3 Å². The van der Waals surface area contributed by atoms with Crippen LogP contribution < -0.4 is 5.73 Å². The lowest BCUT2D eigenvalue weighted by Crippen LogP contribution is -2.40. The minimum Gasteiger partial charge on any atom is -0.383 e. The molecule has 1 fully saturated rings. The number of hydrogen-bond acceptors (Lipinski definition) is 4. The maximum atomic E-state index is 6.39. The highest BCUT2D eigenvalue weighted by Crippen LogP contribution is 2.34. The van der Waals surface area contributed by atoms with E-state index in [0.717, 1.165) is 30.6 Å². The Labute approximate surface area is 121 Å². The van der Waals surface area contributed by atoms with E-state index in [1.807, 2.05) is 0 Å². The molecular formula is C13H21BrN2OS. The first-order valence-corrected chi connectivity index (χ1v) is 8.12. The second-order valence-corrected chi connectivity index (χ2v) is 6.66. The maximum Gasteiger partial charge on any atom is 0.0594 e.